The number of hydrogen-bond donors (Lipinski definition) is 1. The monoisotopic (exact) mass is 530 g/mol. The van der Waals surface area contributed by atoms with Gasteiger partial charge in [0.15, 0.2) is 0 Å². The van der Waals surface area contributed by atoms with Gasteiger partial charge in [0.25, 0.3) is 0 Å². The van der Waals surface area contributed by atoms with Crippen LogP contribution in [0.2, 0.25) is 10.0 Å². The molecule has 0 spiro atoms. The minimum Gasteiger partial charge on any atom is -0.495 e. The first-order valence-electron chi connectivity index (χ1n) is 11.2. The molecule has 12 heteroatoms. The van der Waals surface area contributed by atoms with E-state index in [0.29, 0.717) is 51.6 Å². The number of aromatic nitrogens is 5. The molecule has 1 aliphatic heterocycles. The highest BCUT2D eigenvalue weighted by Crippen LogP contribution is 2.45. The molecule has 0 aliphatic carbocycles. The van der Waals surface area contributed by atoms with E-state index in [1.54, 1.807) is 41.3 Å². The van der Waals surface area contributed by atoms with Gasteiger partial charge in [0.2, 0.25) is 5.91 Å². The fourth-order valence-electron chi connectivity index (χ4n) is 4.34. The number of carbonyl (C=O) groups excluding carboxylic acids is 1. The van der Waals surface area contributed by atoms with Crippen LogP contribution in [0.5, 0.6) is 11.5 Å². The summed E-state index contributed by atoms with van der Waals surface area (Å²) in [6, 6.07) is 3.44. The molecule has 0 bridgehead atoms. The molecular weight excluding hydrogens is 507 g/mol. The standard InChI is InChI=1S/C24H24Cl2N6O4/c1-34-14-4-5-31(11-14)20(33)12-32-10-13(8-28-32)24-15-9-27-17(6-16(15)29-30-24)21-22(25)18(35-2)7-19(36-3)23(21)26/h6-10,14H,4-5,11-12H2,1-3H3,(H,29,30). The van der Waals surface area contributed by atoms with Crippen molar-refractivity contribution in [2.75, 3.05) is 34.4 Å². The number of methoxy groups -OCH3 is 3. The lowest BCUT2D eigenvalue weighted by Crippen LogP contribution is -2.32. The lowest BCUT2D eigenvalue weighted by Gasteiger charge is -2.15. The lowest BCUT2D eigenvalue weighted by molar-refractivity contribution is -0.131. The Morgan fingerprint density at radius 1 is 1.14 bits per heavy atom. The summed E-state index contributed by atoms with van der Waals surface area (Å²) in [5.41, 5.74) is 3.20. The van der Waals surface area contributed by atoms with Gasteiger partial charge < -0.3 is 19.1 Å². The average molecular weight is 531 g/mol. The quantitative estimate of drug-likeness (QED) is 0.383. The summed E-state index contributed by atoms with van der Waals surface area (Å²) in [6.45, 7) is 1.45. The van der Waals surface area contributed by atoms with Crippen molar-refractivity contribution >= 4 is 40.0 Å². The molecule has 1 atom stereocenters. The third-order valence-corrected chi connectivity index (χ3v) is 7.06. The molecule has 36 heavy (non-hydrogen) atoms. The number of ether oxygens (including phenoxy) is 3. The number of pyridine rings is 1. The van der Waals surface area contributed by atoms with Gasteiger partial charge >= 0.3 is 0 Å². The van der Waals surface area contributed by atoms with Crippen molar-refractivity contribution in [3.63, 3.8) is 0 Å². The Bertz CT molecular complexity index is 1410. The fourth-order valence-corrected chi connectivity index (χ4v) is 5.03. The van der Waals surface area contributed by atoms with Crippen LogP contribution in [0.25, 0.3) is 33.4 Å². The number of H-pyrrole nitrogens is 1. The van der Waals surface area contributed by atoms with Gasteiger partial charge in [-0.3, -0.25) is 19.6 Å². The predicted octanol–water partition coefficient (Wildman–Crippen LogP) is 4.06. The van der Waals surface area contributed by atoms with E-state index in [9.17, 15) is 4.79 Å². The van der Waals surface area contributed by atoms with Crippen molar-refractivity contribution < 1.29 is 19.0 Å². The summed E-state index contributed by atoms with van der Waals surface area (Å²) in [7, 11) is 4.71. The number of rotatable bonds is 7. The van der Waals surface area contributed by atoms with Crippen LogP contribution in [0.4, 0.5) is 0 Å². The molecule has 3 aromatic heterocycles. The maximum atomic E-state index is 12.6. The van der Waals surface area contributed by atoms with Gasteiger partial charge in [-0.05, 0) is 12.5 Å². The van der Waals surface area contributed by atoms with Crippen LogP contribution in [0.3, 0.4) is 0 Å². The van der Waals surface area contributed by atoms with Crippen molar-refractivity contribution in [2.24, 2.45) is 0 Å². The fraction of sp³-hybridized carbons (Fsp3) is 0.333. The van der Waals surface area contributed by atoms with Crippen LogP contribution in [0.1, 0.15) is 6.42 Å². The molecule has 1 aromatic carbocycles. The third-order valence-electron chi connectivity index (χ3n) is 6.31. The SMILES string of the molecule is COc1cc(OC)c(Cl)c(-c2cc3[nH]nc(-c4cnn(CC(=O)N5CCC(OC)C5)c4)c3cn2)c1Cl. The highest BCUT2D eigenvalue weighted by atomic mass is 35.5. The number of halogens is 2. The molecule has 1 amide bonds. The van der Waals surface area contributed by atoms with Gasteiger partial charge in [0, 0.05) is 55.2 Å². The number of amides is 1. The van der Waals surface area contributed by atoms with Gasteiger partial charge in [-0.25, -0.2) is 0 Å². The summed E-state index contributed by atoms with van der Waals surface area (Å²) in [5.74, 6) is 0.854. The van der Waals surface area contributed by atoms with Gasteiger partial charge in [0.1, 0.15) is 23.7 Å². The van der Waals surface area contributed by atoms with E-state index >= 15 is 0 Å². The van der Waals surface area contributed by atoms with E-state index in [2.05, 4.69) is 20.3 Å². The Balaban J connectivity index is 1.42. The predicted molar refractivity (Wildman–Crippen MR) is 136 cm³/mol. The van der Waals surface area contributed by atoms with Gasteiger partial charge in [-0.2, -0.15) is 10.2 Å². The molecular formula is C24H24Cl2N6O4. The second-order valence-electron chi connectivity index (χ2n) is 8.38. The Morgan fingerprint density at radius 2 is 1.89 bits per heavy atom. The van der Waals surface area contributed by atoms with Crippen molar-refractivity contribution in [2.45, 2.75) is 19.1 Å². The minimum absolute atomic E-state index is 0.00451. The maximum absolute atomic E-state index is 12.6. The minimum atomic E-state index is 0.00451. The van der Waals surface area contributed by atoms with Crippen molar-refractivity contribution in [1.82, 2.24) is 29.9 Å². The van der Waals surface area contributed by atoms with Crippen LogP contribution >= 0.6 is 23.2 Å². The molecule has 1 saturated heterocycles. The van der Waals surface area contributed by atoms with Gasteiger partial charge in [-0.1, -0.05) is 23.2 Å². The zero-order valence-electron chi connectivity index (χ0n) is 19.9. The number of likely N-dealkylation sites (tertiary alicyclic amines) is 1. The zero-order valence-corrected chi connectivity index (χ0v) is 21.4. The van der Waals surface area contributed by atoms with Crippen LogP contribution in [0, 0.1) is 0 Å². The molecule has 5 rings (SSSR count). The maximum Gasteiger partial charge on any atom is 0.244 e. The summed E-state index contributed by atoms with van der Waals surface area (Å²) in [5, 5.41) is 13.3. The molecule has 0 saturated carbocycles. The topological polar surface area (TPSA) is 107 Å². The van der Waals surface area contributed by atoms with E-state index < -0.39 is 0 Å². The smallest absolute Gasteiger partial charge is 0.244 e. The number of fused-ring (bicyclic) bond motifs is 1. The first kappa shape index (κ1) is 24.4. The lowest BCUT2D eigenvalue weighted by atomic mass is 10.1. The van der Waals surface area contributed by atoms with Crippen molar-refractivity contribution in [3.05, 3.63) is 40.8 Å². The van der Waals surface area contributed by atoms with Crippen LogP contribution in [-0.2, 0) is 16.1 Å². The van der Waals surface area contributed by atoms with E-state index in [1.807, 2.05) is 6.07 Å². The number of benzene rings is 1. The van der Waals surface area contributed by atoms with Gasteiger partial charge in [0.05, 0.1) is 47.8 Å². The van der Waals surface area contributed by atoms with E-state index in [4.69, 9.17) is 37.4 Å². The number of carbonyl (C=O) groups is 1. The zero-order chi connectivity index (χ0) is 25.4. The van der Waals surface area contributed by atoms with E-state index in [1.165, 1.54) is 14.2 Å². The number of nitrogens with one attached hydrogen (secondary N) is 1. The second kappa shape index (κ2) is 9.96. The van der Waals surface area contributed by atoms with Crippen LogP contribution in [-0.4, -0.2) is 76.3 Å². The summed E-state index contributed by atoms with van der Waals surface area (Å²) >= 11 is 13.1. The van der Waals surface area contributed by atoms with Crippen LogP contribution < -0.4 is 9.47 Å². The van der Waals surface area contributed by atoms with Gasteiger partial charge in [-0.15, -0.1) is 0 Å². The Hall–Kier alpha value is -3.34. The number of nitrogens with zero attached hydrogens (tertiary/aromatic N) is 5. The first-order chi connectivity index (χ1) is 17.4. The molecule has 10 nitrogen and oxygen atoms in total. The third kappa shape index (κ3) is 4.36. The summed E-state index contributed by atoms with van der Waals surface area (Å²) in [4.78, 5) is 19.0. The second-order valence-corrected chi connectivity index (χ2v) is 9.14. The van der Waals surface area contributed by atoms with E-state index in [-0.39, 0.29) is 18.6 Å². The number of aromatic amines is 1. The molecule has 1 unspecified atom stereocenters. The molecule has 4 aromatic rings. The Morgan fingerprint density at radius 3 is 2.56 bits per heavy atom. The average Bonchev–Trinajstić information content (AvgIpc) is 3.63. The summed E-state index contributed by atoms with van der Waals surface area (Å²) in [6.07, 6.45) is 6.11. The molecule has 0 radical (unpaired) electrons. The molecule has 4 heterocycles. The molecule has 1 fully saturated rings. The molecule has 1 N–H and O–H groups in total. The van der Waals surface area contributed by atoms with Crippen molar-refractivity contribution in [1.29, 1.82) is 0 Å². The highest BCUT2D eigenvalue weighted by molar-refractivity contribution is 6.41. The normalized spacial score (nSPS) is 15.6. The number of hydrogen-bond acceptors (Lipinski definition) is 7. The molecule has 1 aliphatic rings. The Labute approximate surface area is 217 Å². The Kier molecular flexibility index (Phi) is 6.74. The highest BCUT2D eigenvalue weighted by Gasteiger charge is 2.26. The van der Waals surface area contributed by atoms with E-state index in [0.717, 1.165) is 22.9 Å². The van der Waals surface area contributed by atoms with Crippen LogP contribution in [0.15, 0.2) is 30.7 Å². The van der Waals surface area contributed by atoms with Crippen molar-refractivity contribution in [3.8, 4) is 34.0 Å². The summed E-state index contributed by atoms with van der Waals surface area (Å²) < 4.78 is 17.7. The largest absolute Gasteiger partial charge is 0.495 e. The molecule has 188 valence electrons. The first-order valence-corrected chi connectivity index (χ1v) is 12.0.